The summed E-state index contributed by atoms with van der Waals surface area (Å²) in [5.41, 5.74) is 10.3. The van der Waals surface area contributed by atoms with Gasteiger partial charge in [-0.15, -0.1) is 0 Å². The van der Waals surface area contributed by atoms with Crippen LogP contribution in [0.15, 0.2) is 72.8 Å². The van der Waals surface area contributed by atoms with E-state index in [2.05, 4.69) is 9.69 Å². The number of anilines is 2. The number of benzene rings is 3. The molecule has 218 valence electrons. The van der Waals surface area contributed by atoms with Crippen molar-refractivity contribution in [1.29, 1.82) is 0 Å². The third kappa shape index (κ3) is 6.11. The molecule has 3 aromatic carbocycles. The van der Waals surface area contributed by atoms with Crippen LogP contribution in [0.25, 0.3) is 11.3 Å². The molecule has 0 spiro atoms. The van der Waals surface area contributed by atoms with Crippen molar-refractivity contribution in [1.82, 2.24) is 9.69 Å². The number of aryl methyl sites for hydroxylation is 1. The first-order valence-electron chi connectivity index (χ1n) is 14.1. The highest BCUT2D eigenvalue weighted by molar-refractivity contribution is 7.09. The van der Waals surface area contributed by atoms with E-state index in [9.17, 15) is 9.59 Å². The van der Waals surface area contributed by atoms with Crippen molar-refractivity contribution < 1.29 is 19.1 Å². The molecule has 5 rings (SSSR count). The number of carbonyl (C=O) groups excluding carboxylic acids is 2. The quantitative estimate of drug-likeness (QED) is 0.231. The molecular weight excluding hydrogens is 548 g/mol. The fourth-order valence-electron chi connectivity index (χ4n) is 5.45. The van der Waals surface area contributed by atoms with Crippen molar-refractivity contribution in [2.75, 3.05) is 24.9 Å². The minimum absolute atomic E-state index is 0.0657. The molecule has 4 aromatic rings. The fraction of sp³-hybridized carbons (Fsp3) is 0.303. The Hall–Kier alpha value is -4.37. The summed E-state index contributed by atoms with van der Waals surface area (Å²) in [6, 6.07) is 21.3. The van der Waals surface area contributed by atoms with Crippen LogP contribution in [0.5, 0.6) is 11.5 Å². The Morgan fingerprint density at radius 1 is 0.929 bits per heavy atom. The predicted octanol–water partition coefficient (Wildman–Crippen LogP) is 6.55. The Labute approximate surface area is 250 Å². The zero-order valence-corrected chi connectivity index (χ0v) is 24.9. The van der Waals surface area contributed by atoms with Crippen LogP contribution in [0.3, 0.4) is 0 Å². The number of hydrogen-bond acceptors (Lipinski definition) is 7. The van der Waals surface area contributed by atoms with Crippen LogP contribution in [-0.4, -0.2) is 36.4 Å². The molecule has 2 amide bonds. The second-order valence-electron chi connectivity index (χ2n) is 10.5. The van der Waals surface area contributed by atoms with Crippen molar-refractivity contribution in [2.45, 2.75) is 51.1 Å². The van der Waals surface area contributed by atoms with Crippen LogP contribution in [0.2, 0.25) is 0 Å². The van der Waals surface area contributed by atoms with E-state index in [0.29, 0.717) is 28.4 Å². The lowest BCUT2D eigenvalue weighted by molar-refractivity contribution is -0.123. The lowest BCUT2D eigenvalue weighted by atomic mass is 9.94. The average Bonchev–Trinajstić information content (AvgIpc) is 3.41. The lowest BCUT2D eigenvalue weighted by Gasteiger charge is -2.34. The van der Waals surface area contributed by atoms with Gasteiger partial charge in [0, 0.05) is 17.3 Å². The van der Waals surface area contributed by atoms with Crippen molar-refractivity contribution in [3.05, 3.63) is 88.8 Å². The number of methoxy groups -OCH3 is 2. The molecule has 1 atom stereocenters. The second kappa shape index (κ2) is 13.1. The second-order valence-corrected chi connectivity index (χ2v) is 11.3. The van der Waals surface area contributed by atoms with Crippen molar-refractivity contribution in [2.24, 2.45) is 0 Å². The normalized spacial score (nSPS) is 14.2. The Morgan fingerprint density at radius 2 is 1.55 bits per heavy atom. The summed E-state index contributed by atoms with van der Waals surface area (Å²) < 4.78 is 15.2. The van der Waals surface area contributed by atoms with E-state index >= 15 is 0 Å². The van der Waals surface area contributed by atoms with E-state index in [-0.39, 0.29) is 22.5 Å². The zero-order chi connectivity index (χ0) is 29.6. The fourth-order valence-corrected chi connectivity index (χ4v) is 6.21. The molecule has 0 radical (unpaired) electrons. The van der Waals surface area contributed by atoms with Gasteiger partial charge < -0.3 is 20.5 Å². The van der Waals surface area contributed by atoms with E-state index in [1.165, 1.54) is 6.42 Å². The Bertz CT molecular complexity index is 1530. The maximum Gasteiger partial charge on any atom is 0.273 e. The number of carbonyl (C=O) groups is 2. The lowest BCUT2D eigenvalue weighted by Crippen LogP contribution is -2.47. The first-order chi connectivity index (χ1) is 20.4. The van der Waals surface area contributed by atoms with Gasteiger partial charge in [0.1, 0.15) is 28.1 Å². The number of rotatable bonds is 9. The van der Waals surface area contributed by atoms with Gasteiger partial charge in [-0.2, -0.15) is 4.37 Å². The summed E-state index contributed by atoms with van der Waals surface area (Å²) in [5, 5.41) is 3.26. The number of hydrogen-bond donors (Lipinski definition) is 2. The standard InChI is InChI=1S/C33H36N4O4S/c1-21-9-7-8-12-27(21)37(33(39)31-28(34)29(36-42-31)22-13-17-25(40-2)18-14-22)30(23-15-19-26(41-3)20-16-23)32(38)35-24-10-5-4-6-11-24/h7-9,12-20,24,30H,4-6,10-11,34H2,1-3H3,(H,35,38). The van der Waals surface area contributed by atoms with Gasteiger partial charge in [0.05, 0.1) is 19.9 Å². The van der Waals surface area contributed by atoms with Gasteiger partial charge >= 0.3 is 0 Å². The van der Waals surface area contributed by atoms with E-state index in [1.807, 2.05) is 67.6 Å². The number of nitrogens with one attached hydrogen (secondary N) is 1. The predicted molar refractivity (Wildman–Crippen MR) is 167 cm³/mol. The van der Waals surface area contributed by atoms with Crippen LogP contribution in [0.1, 0.15) is 58.9 Å². The van der Waals surface area contributed by atoms with Crippen molar-refractivity contribution in [3.8, 4) is 22.8 Å². The number of nitrogen functional groups attached to an aromatic ring is 1. The van der Waals surface area contributed by atoms with Crippen molar-refractivity contribution in [3.63, 3.8) is 0 Å². The smallest absolute Gasteiger partial charge is 0.273 e. The third-order valence-corrected chi connectivity index (χ3v) is 8.62. The molecule has 1 fully saturated rings. The molecule has 1 heterocycles. The number of aromatic nitrogens is 1. The average molecular weight is 585 g/mol. The molecule has 1 aliphatic rings. The highest BCUT2D eigenvalue weighted by Gasteiger charge is 2.37. The Kier molecular flexibility index (Phi) is 9.07. The number of amides is 2. The van der Waals surface area contributed by atoms with E-state index in [4.69, 9.17) is 15.2 Å². The largest absolute Gasteiger partial charge is 0.497 e. The number of ether oxygens (including phenoxy) is 2. The van der Waals surface area contributed by atoms with E-state index in [0.717, 1.165) is 48.3 Å². The monoisotopic (exact) mass is 584 g/mol. The molecule has 9 heteroatoms. The molecule has 0 aliphatic heterocycles. The van der Waals surface area contributed by atoms with Crippen LogP contribution >= 0.6 is 11.5 Å². The van der Waals surface area contributed by atoms with Crippen LogP contribution in [0.4, 0.5) is 11.4 Å². The summed E-state index contributed by atoms with van der Waals surface area (Å²) in [6.07, 6.45) is 5.16. The van der Waals surface area contributed by atoms with Crippen LogP contribution in [-0.2, 0) is 4.79 Å². The molecule has 0 bridgehead atoms. The number of para-hydroxylation sites is 1. The Morgan fingerprint density at radius 3 is 2.17 bits per heavy atom. The summed E-state index contributed by atoms with van der Waals surface area (Å²) in [4.78, 5) is 30.6. The maximum absolute atomic E-state index is 14.6. The molecule has 1 saturated carbocycles. The highest BCUT2D eigenvalue weighted by Crippen LogP contribution is 2.38. The topological polar surface area (TPSA) is 107 Å². The van der Waals surface area contributed by atoms with E-state index in [1.54, 1.807) is 31.3 Å². The first kappa shape index (κ1) is 29.1. The summed E-state index contributed by atoms with van der Waals surface area (Å²) in [6.45, 7) is 1.93. The number of nitrogens with two attached hydrogens (primary N) is 1. The summed E-state index contributed by atoms with van der Waals surface area (Å²) in [7, 11) is 3.20. The zero-order valence-electron chi connectivity index (χ0n) is 24.1. The van der Waals surface area contributed by atoms with Gasteiger partial charge in [-0.05, 0) is 84.9 Å². The van der Waals surface area contributed by atoms with Crippen LogP contribution in [0, 0.1) is 6.92 Å². The highest BCUT2D eigenvalue weighted by atomic mass is 32.1. The van der Waals surface area contributed by atoms with Gasteiger partial charge in [0.25, 0.3) is 5.91 Å². The molecule has 42 heavy (non-hydrogen) atoms. The molecule has 0 saturated heterocycles. The minimum atomic E-state index is -0.947. The summed E-state index contributed by atoms with van der Waals surface area (Å²) >= 11 is 1.03. The molecule has 3 N–H and O–H groups in total. The maximum atomic E-state index is 14.6. The Balaban J connectivity index is 1.60. The first-order valence-corrected chi connectivity index (χ1v) is 14.9. The minimum Gasteiger partial charge on any atom is -0.497 e. The van der Waals surface area contributed by atoms with Gasteiger partial charge in [-0.3, -0.25) is 14.5 Å². The van der Waals surface area contributed by atoms with E-state index < -0.39 is 11.9 Å². The van der Waals surface area contributed by atoms with Gasteiger partial charge in [0.2, 0.25) is 5.91 Å². The SMILES string of the molecule is COc1ccc(-c2nsc(C(=O)N(c3ccccc3C)C(C(=O)NC3CCCCC3)c3ccc(OC)cc3)c2N)cc1. The van der Waals surface area contributed by atoms with Crippen molar-refractivity contribution >= 4 is 34.7 Å². The molecular formula is C33H36N4O4S. The van der Waals surface area contributed by atoms with Gasteiger partial charge in [-0.25, -0.2) is 0 Å². The third-order valence-electron chi connectivity index (χ3n) is 7.77. The molecule has 1 aliphatic carbocycles. The van der Waals surface area contributed by atoms with Crippen LogP contribution < -0.4 is 25.4 Å². The van der Waals surface area contributed by atoms with Gasteiger partial charge in [-0.1, -0.05) is 49.6 Å². The number of nitrogens with zero attached hydrogens (tertiary/aromatic N) is 2. The van der Waals surface area contributed by atoms with Gasteiger partial charge in [0.15, 0.2) is 0 Å². The molecule has 8 nitrogen and oxygen atoms in total. The summed E-state index contributed by atoms with van der Waals surface area (Å²) in [5.74, 6) is 0.747. The molecule has 1 unspecified atom stereocenters. The molecule has 1 aromatic heterocycles.